The van der Waals surface area contributed by atoms with Crippen LogP contribution >= 0.6 is 11.8 Å². The van der Waals surface area contributed by atoms with E-state index in [0.717, 1.165) is 19.3 Å². The van der Waals surface area contributed by atoms with Crippen molar-refractivity contribution in [2.75, 3.05) is 11.1 Å². The molecular formula is C26H31F2NO4S. The SMILES string of the molecule is CC(C)[C@@H]1CC[C@@H](C)C[C@H]1OC(=O)CSc1ccccc1C(=O)Nc1ccc(OC(F)F)cc1. The Morgan fingerprint density at radius 2 is 1.79 bits per heavy atom. The molecule has 1 saturated carbocycles. The highest BCUT2D eigenvalue weighted by atomic mass is 32.2. The first kappa shape index (κ1) is 26.0. The van der Waals surface area contributed by atoms with Crippen LogP contribution in [-0.4, -0.2) is 30.3 Å². The van der Waals surface area contributed by atoms with Crippen LogP contribution in [0.5, 0.6) is 5.75 Å². The van der Waals surface area contributed by atoms with Crippen molar-refractivity contribution >= 4 is 29.3 Å². The van der Waals surface area contributed by atoms with Gasteiger partial charge in [0.2, 0.25) is 0 Å². The van der Waals surface area contributed by atoms with Crippen molar-refractivity contribution in [1.29, 1.82) is 0 Å². The number of carbonyl (C=O) groups excluding carboxylic acids is 2. The van der Waals surface area contributed by atoms with Crippen molar-refractivity contribution in [3.63, 3.8) is 0 Å². The predicted molar refractivity (Wildman–Crippen MR) is 129 cm³/mol. The van der Waals surface area contributed by atoms with Crippen molar-refractivity contribution in [3.05, 3.63) is 54.1 Å². The van der Waals surface area contributed by atoms with Crippen LogP contribution in [0.15, 0.2) is 53.4 Å². The Kier molecular flexibility index (Phi) is 9.33. The third-order valence-corrected chi connectivity index (χ3v) is 7.11. The number of halogens is 2. The molecule has 2 aromatic carbocycles. The summed E-state index contributed by atoms with van der Waals surface area (Å²) in [7, 11) is 0. The molecule has 0 bridgehead atoms. The summed E-state index contributed by atoms with van der Waals surface area (Å²) in [4.78, 5) is 26.1. The first-order chi connectivity index (χ1) is 16.2. The summed E-state index contributed by atoms with van der Waals surface area (Å²) >= 11 is 1.26. The molecule has 0 spiro atoms. The number of esters is 1. The van der Waals surface area contributed by atoms with E-state index in [1.807, 2.05) is 0 Å². The number of thioether (sulfide) groups is 1. The lowest BCUT2D eigenvalue weighted by Crippen LogP contribution is -2.36. The molecule has 3 atom stereocenters. The van der Waals surface area contributed by atoms with E-state index in [-0.39, 0.29) is 29.5 Å². The second kappa shape index (κ2) is 12.2. The maximum atomic E-state index is 12.8. The molecule has 1 amide bonds. The average Bonchev–Trinajstić information content (AvgIpc) is 2.78. The molecular weight excluding hydrogens is 460 g/mol. The van der Waals surface area contributed by atoms with Gasteiger partial charge in [0.25, 0.3) is 5.91 Å². The van der Waals surface area contributed by atoms with E-state index in [4.69, 9.17) is 4.74 Å². The van der Waals surface area contributed by atoms with Crippen LogP contribution in [0.2, 0.25) is 0 Å². The third kappa shape index (κ3) is 7.45. The van der Waals surface area contributed by atoms with Crippen molar-refractivity contribution in [2.45, 2.75) is 57.6 Å². The molecule has 0 saturated heterocycles. The van der Waals surface area contributed by atoms with Gasteiger partial charge in [0, 0.05) is 10.6 Å². The summed E-state index contributed by atoms with van der Waals surface area (Å²) in [5.74, 6) is 0.855. The zero-order valence-electron chi connectivity index (χ0n) is 19.6. The molecule has 1 aliphatic rings. The van der Waals surface area contributed by atoms with Gasteiger partial charge in [0.15, 0.2) is 0 Å². The minimum Gasteiger partial charge on any atom is -0.461 e. The normalized spacial score (nSPS) is 20.3. The van der Waals surface area contributed by atoms with Crippen LogP contribution in [0.4, 0.5) is 14.5 Å². The van der Waals surface area contributed by atoms with Crippen molar-refractivity contribution < 1.29 is 27.8 Å². The molecule has 184 valence electrons. The van der Waals surface area contributed by atoms with Gasteiger partial charge in [0.05, 0.1) is 11.3 Å². The fraction of sp³-hybridized carbons (Fsp3) is 0.462. The van der Waals surface area contributed by atoms with Crippen LogP contribution in [0.3, 0.4) is 0 Å². The van der Waals surface area contributed by atoms with Gasteiger partial charge in [0.1, 0.15) is 11.9 Å². The summed E-state index contributed by atoms with van der Waals surface area (Å²) in [6.07, 6.45) is 3.06. The van der Waals surface area contributed by atoms with Crippen molar-refractivity contribution in [1.82, 2.24) is 0 Å². The largest absolute Gasteiger partial charge is 0.461 e. The van der Waals surface area contributed by atoms with Gasteiger partial charge in [-0.2, -0.15) is 8.78 Å². The Morgan fingerprint density at radius 1 is 1.09 bits per heavy atom. The summed E-state index contributed by atoms with van der Waals surface area (Å²) in [6, 6.07) is 12.7. The second-order valence-corrected chi connectivity index (χ2v) is 10.0. The van der Waals surface area contributed by atoms with E-state index in [9.17, 15) is 18.4 Å². The standard InChI is InChI=1S/C26H31F2NO4S/c1-16(2)20-13-8-17(3)14-22(20)33-24(30)15-34-23-7-5-4-6-21(23)25(31)29-18-9-11-19(12-10-18)32-26(27)28/h4-7,9-12,16-17,20,22,26H,8,13-15H2,1-3H3,(H,29,31)/t17-,20+,22-/m1/s1. The Labute approximate surface area is 203 Å². The van der Waals surface area contributed by atoms with Gasteiger partial charge in [-0.05, 0) is 67.0 Å². The fourth-order valence-corrected chi connectivity index (χ4v) is 5.12. The summed E-state index contributed by atoms with van der Waals surface area (Å²) in [6.45, 7) is 3.63. The molecule has 1 N–H and O–H groups in total. The fourth-order valence-electron chi connectivity index (χ4n) is 4.29. The minimum atomic E-state index is -2.91. The van der Waals surface area contributed by atoms with Gasteiger partial charge in [-0.15, -0.1) is 11.8 Å². The van der Waals surface area contributed by atoms with E-state index in [2.05, 4.69) is 30.8 Å². The molecule has 1 aliphatic carbocycles. The molecule has 0 aromatic heterocycles. The van der Waals surface area contributed by atoms with Gasteiger partial charge in [-0.25, -0.2) is 0 Å². The lowest BCUT2D eigenvalue weighted by molar-refractivity contribution is -0.152. The molecule has 8 heteroatoms. The molecule has 34 heavy (non-hydrogen) atoms. The smallest absolute Gasteiger partial charge is 0.387 e. The number of ether oxygens (including phenoxy) is 2. The number of hydrogen-bond donors (Lipinski definition) is 1. The van der Waals surface area contributed by atoms with Crippen molar-refractivity contribution in [3.8, 4) is 5.75 Å². The maximum absolute atomic E-state index is 12.8. The summed E-state index contributed by atoms with van der Waals surface area (Å²) in [5, 5.41) is 2.74. The number of anilines is 1. The minimum absolute atomic E-state index is 0.00883. The first-order valence-electron chi connectivity index (χ1n) is 11.5. The van der Waals surface area contributed by atoms with Crippen LogP contribution in [0, 0.1) is 17.8 Å². The highest BCUT2D eigenvalue weighted by Crippen LogP contribution is 2.35. The molecule has 5 nitrogen and oxygen atoms in total. The first-order valence-corrected chi connectivity index (χ1v) is 12.5. The van der Waals surface area contributed by atoms with E-state index >= 15 is 0 Å². The van der Waals surface area contributed by atoms with E-state index in [1.165, 1.54) is 36.0 Å². The number of hydrogen-bond acceptors (Lipinski definition) is 5. The Hall–Kier alpha value is -2.61. The number of benzene rings is 2. The zero-order chi connectivity index (χ0) is 24.7. The van der Waals surface area contributed by atoms with Crippen LogP contribution in [0.1, 0.15) is 50.4 Å². The Balaban J connectivity index is 1.59. The van der Waals surface area contributed by atoms with Crippen LogP contribution in [-0.2, 0) is 9.53 Å². The molecule has 2 aromatic rings. The highest BCUT2D eigenvalue weighted by Gasteiger charge is 2.33. The van der Waals surface area contributed by atoms with Crippen LogP contribution < -0.4 is 10.1 Å². The second-order valence-electron chi connectivity index (χ2n) is 9.00. The molecule has 1 fully saturated rings. The van der Waals surface area contributed by atoms with E-state index < -0.39 is 6.61 Å². The lowest BCUT2D eigenvalue weighted by Gasteiger charge is -2.36. The Morgan fingerprint density at radius 3 is 2.47 bits per heavy atom. The zero-order valence-corrected chi connectivity index (χ0v) is 20.4. The number of nitrogens with one attached hydrogen (secondary N) is 1. The van der Waals surface area contributed by atoms with Gasteiger partial charge >= 0.3 is 12.6 Å². The van der Waals surface area contributed by atoms with Gasteiger partial charge in [-0.3, -0.25) is 9.59 Å². The highest BCUT2D eigenvalue weighted by molar-refractivity contribution is 8.00. The topological polar surface area (TPSA) is 64.6 Å². The van der Waals surface area contributed by atoms with Gasteiger partial charge < -0.3 is 14.8 Å². The number of rotatable bonds is 9. The molecule has 0 radical (unpaired) electrons. The van der Waals surface area contributed by atoms with Crippen LogP contribution in [0.25, 0.3) is 0 Å². The van der Waals surface area contributed by atoms with Gasteiger partial charge in [-0.1, -0.05) is 39.3 Å². The lowest BCUT2D eigenvalue weighted by atomic mass is 9.75. The summed E-state index contributed by atoms with van der Waals surface area (Å²) < 4.78 is 34.8. The maximum Gasteiger partial charge on any atom is 0.387 e. The number of carbonyl (C=O) groups is 2. The monoisotopic (exact) mass is 491 g/mol. The van der Waals surface area contributed by atoms with E-state index in [1.54, 1.807) is 24.3 Å². The number of amides is 1. The van der Waals surface area contributed by atoms with Crippen molar-refractivity contribution in [2.24, 2.45) is 17.8 Å². The molecule has 3 rings (SSSR count). The quantitative estimate of drug-likeness (QED) is 0.315. The predicted octanol–water partition coefficient (Wildman–Crippen LogP) is 6.64. The molecule has 0 aliphatic heterocycles. The Bertz CT molecular complexity index is 968. The molecule has 0 unspecified atom stereocenters. The van der Waals surface area contributed by atoms with E-state index in [0.29, 0.717) is 33.9 Å². The summed E-state index contributed by atoms with van der Waals surface area (Å²) in [5.41, 5.74) is 0.858. The molecule has 0 heterocycles. The average molecular weight is 492 g/mol. The third-order valence-electron chi connectivity index (χ3n) is 6.06. The number of alkyl halides is 2.